The minimum absolute atomic E-state index is 0.191. The maximum absolute atomic E-state index is 10.7. The van der Waals surface area contributed by atoms with Crippen molar-refractivity contribution in [1.29, 1.82) is 0 Å². The van der Waals surface area contributed by atoms with Crippen molar-refractivity contribution < 1.29 is 10.2 Å². The Morgan fingerprint density at radius 1 is 0.846 bits per heavy atom. The second-order valence-corrected chi connectivity index (χ2v) is 7.11. The monoisotopic (exact) mass is 346 g/mol. The van der Waals surface area contributed by atoms with Crippen LogP contribution in [-0.2, 0) is 19.4 Å². The van der Waals surface area contributed by atoms with Gasteiger partial charge in [0.1, 0.15) is 0 Å². The number of aromatic nitrogens is 2. The largest absolute Gasteiger partial charge is 0.494 e. The van der Waals surface area contributed by atoms with Gasteiger partial charge >= 0.3 is 0 Å². The van der Waals surface area contributed by atoms with Gasteiger partial charge in [0.25, 0.3) is 0 Å². The van der Waals surface area contributed by atoms with Crippen LogP contribution in [0.5, 0.6) is 11.8 Å². The number of para-hydroxylation sites is 1. The van der Waals surface area contributed by atoms with Gasteiger partial charge in [-0.1, -0.05) is 18.2 Å². The molecule has 0 spiro atoms. The number of nitrogens with zero attached hydrogens (tertiary/aromatic N) is 2. The summed E-state index contributed by atoms with van der Waals surface area (Å²) in [4.78, 5) is 0. The molecule has 1 aliphatic carbocycles. The SMILES string of the molecule is CCn1c2ccccc2c2cc(-n3c(O)c4c(c3O)CCCC4)ccc21. The zero-order valence-corrected chi connectivity index (χ0v) is 14.9. The lowest BCUT2D eigenvalue weighted by molar-refractivity contribution is 0.399. The molecule has 5 rings (SSSR count). The Bertz CT molecular complexity index is 1120. The molecule has 0 radical (unpaired) electrons. The number of rotatable bonds is 2. The molecule has 1 aliphatic rings. The fraction of sp³-hybridized carbons (Fsp3) is 0.273. The molecule has 0 unspecified atom stereocenters. The summed E-state index contributed by atoms with van der Waals surface area (Å²) in [7, 11) is 0. The van der Waals surface area contributed by atoms with E-state index in [0.717, 1.165) is 54.4 Å². The fourth-order valence-electron chi connectivity index (χ4n) is 4.54. The Labute approximate surface area is 151 Å². The summed E-state index contributed by atoms with van der Waals surface area (Å²) in [5.41, 5.74) is 5.01. The zero-order valence-electron chi connectivity index (χ0n) is 14.9. The topological polar surface area (TPSA) is 50.3 Å². The molecule has 4 nitrogen and oxygen atoms in total. The maximum Gasteiger partial charge on any atom is 0.202 e. The average molecular weight is 346 g/mol. The molecule has 0 saturated carbocycles. The Balaban J connectivity index is 1.80. The third-order valence-electron chi connectivity index (χ3n) is 5.76. The van der Waals surface area contributed by atoms with Gasteiger partial charge < -0.3 is 14.8 Å². The molecule has 26 heavy (non-hydrogen) atoms. The van der Waals surface area contributed by atoms with Crippen LogP contribution in [0.15, 0.2) is 42.5 Å². The Kier molecular flexibility index (Phi) is 3.29. The van der Waals surface area contributed by atoms with Crippen molar-refractivity contribution in [2.24, 2.45) is 0 Å². The van der Waals surface area contributed by atoms with Crippen molar-refractivity contribution in [1.82, 2.24) is 9.13 Å². The van der Waals surface area contributed by atoms with E-state index in [1.807, 2.05) is 6.07 Å². The molecule has 0 fully saturated rings. The first-order chi connectivity index (χ1) is 12.7. The van der Waals surface area contributed by atoms with Gasteiger partial charge in [0.05, 0.1) is 5.69 Å². The van der Waals surface area contributed by atoms with Gasteiger partial charge in [0, 0.05) is 39.5 Å². The van der Waals surface area contributed by atoms with Gasteiger partial charge in [0.2, 0.25) is 11.8 Å². The minimum Gasteiger partial charge on any atom is -0.494 e. The normalized spacial score (nSPS) is 14.2. The van der Waals surface area contributed by atoms with Crippen LogP contribution in [0.2, 0.25) is 0 Å². The highest BCUT2D eigenvalue weighted by atomic mass is 16.3. The van der Waals surface area contributed by atoms with E-state index in [1.54, 1.807) is 4.57 Å². The summed E-state index contributed by atoms with van der Waals surface area (Å²) in [5, 5.41) is 23.8. The summed E-state index contributed by atoms with van der Waals surface area (Å²) in [6, 6.07) is 14.5. The predicted octanol–water partition coefficient (Wildman–Crippen LogP) is 4.90. The van der Waals surface area contributed by atoms with Gasteiger partial charge in [0.15, 0.2) is 0 Å². The molecular weight excluding hydrogens is 324 g/mol. The lowest BCUT2D eigenvalue weighted by Gasteiger charge is -2.09. The van der Waals surface area contributed by atoms with Crippen LogP contribution in [0.1, 0.15) is 30.9 Å². The lowest BCUT2D eigenvalue weighted by atomic mass is 9.95. The molecule has 2 aromatic heterocycles. The molecule has 132 valence electrons. The molecular formula is C22H22N2O2. The van der Waals surface area contributed by atoms with Gasteiger partial charge in [-0.3, -0.25) is 4.57 Å². The Morgan fingerprint density at radius 3 is 2.19 bits per heavy atom. The van der Waals surface area contributed by atoms with Crippen LogP contribution >= 0.6 is 0 Å². The molecule has 2 N–H and O–H groups in total. The van der Waals surface area contributed by atoms with Gasteiger partial charge in [-0.15, -0.1) is 0 Å². The van der Waals surface area contributed by atoms with E-state index in [1.165, 1.54) is 16.4 Å². The van der Waals surface area contributed by atoms with Crippen LogP contribution in [0.3, 0.4) is 0 Å². The molecule has 0 bridgehead atoms. The van der Waals surface area contributed by atoms with Crippen LogP contribution in [0.25, 0.3) is 27.5 Å². The third-order valence-corrected chi connectivity index (χ3v) is 5.76. The molecule has 2 aromatic carbocycles. The van der Waals surface area contributed by atoms with Crippen LogP contribution < -0.4 is 0 Å². The second kappa shape index (κ2) is 5.56. The van der Waals surface area contributed by atoms with Crippen LogP contribution in [-0.4, -0.2) is 19.3 Å². The molecule has 0 atom stereocenters. The summed E-state index contributed by atoms with van der Waals surface area (Å²) >= 11 is 0. The molecule has 2 heterocycles. The highest BCUT2D eigenvalue weighted by Gasteiger charge is 2.25. The summed E-state index contributed by atoms with van der Waals surface area (Å²) < 4.78 is 3.91. The standard InChI is InChI=1S/C22H22N2O2/c1-2-23-19-10-6-5-7-15(19)18-13-14(11-12-20(18)23)24-21(25)16-8-3-4-9-17(16)22(24)26/h5-7,10-13,25-26H,2-4,8-9H2,1H3. The van der Waals surface area contributed by atoms with Crippen molar-refractivity contribution >= 4 is 21.8 Å². The van der Waals surface area contributed by atoms with E-state index in [2.05, 4.69) is 47.9 Å². The summed E-state index contributed by atoms with van der Waals surface area (Å²) in [5.74, 6) is 0.381. The summed E-state index contributed by atoms with van der Waals surface area (Å²) in [6.45, 7) is 3.05. The van der Waals surface area contributed by atoms with E-state index in [4.69, 9.17) is 0 Å². The zero-order chi connectivity index (χ0) is 17.8. The summed E-state index contributed by atoms with van der Waals surface area (Å²) in [6.07, 6.45) is 3.79. The highest BCUT2D eigenvalue weighted by Crippen LogP contribution is 2.41. The van der Waals surface area contributed by atoms with Gasteiger partial charge in [-0.25, -0.2) is 0 Å². The minimum atomic E-state index is 0.191. The van der Waals surface area contributed by atoms with Gasteiger partial charge in [-0.05, 0) is 56.9 Å². The van der Waals surface area contributed by atoms with E-state index in [0.29, 0.717) is 0 Å². The number of hydrogen-bond donors (Lipinski definition) is 2. The fourth-order valence-corrected chi connectivity index (χ4v) is 4.54. The first kappa shape index (κ1) is 15.4. The number of benzene rings is 2. The quantitative estimate of drug-likeness (QED) is 0.543. The predicted molar refractivity (Wildman–Crippen MR) is 104 cm³/mol. The molecule has 0 saturated heterocycles. The van der Waals surface area contributed by atoms with Gasteiger partial charge in [-0.2, -0.15) is 0 Å². The van der Waals surface area contributed by atoms with Crippen molar-refractivity contribution in [3.05, 3.63) is 53.6 Å². The smallest absolute Gasteiger partial charge is 0.202 e. The number of hydrogen-bond acceptors (Lipinski definition) is 2. The highest BCUT2D eigenvalue weighted by molar-refractivity contribution is 6.08. The van der Waals surface area contributed by atoms with E-state index in [9.17, 15) is 10.2 Å². The van der Waals surface area contributed by atoms with E-state index >= 15 is 0 Å². The first-order valence-corrected chi connectivity index (χ1v) is 9.36. The van der Waals surface area contributed by atoms with E-state index in [-0.39, 0.29) is 11.8 Å². The third kappa shape index (κ3) is 1.96. The van der Waals surface area contributed by atoms with Crippen LogP contribution in [0, 0.1) is 0 Å². The molecule has 4 aromatic rings. The molecule has 0 amide bonds. The number of aromatic hydroxyl groups is 2. The number of aryl methyl sites for hydroxylation is 1. The maximum atomic E-state index is 10.7. The van der Waals surface area contributed by atoms with Crippen molar-refractivity contribution in [2.75, 3.05) is 0 Å². The lowest BCUT2D eigenvalue weighted by Crippen LogP contribution is -1.98. The molecule has 0 aliphatic heterocycles. The Hall–Kier alpha value is -2.88. The van der Waals surface area contributed by atoms with E-state index < -0.39 is 0 Å². The number of fused-ring (bicyclic) bond motifs is 4. The van der Waals surface area contributed by atoms with Crippen molar-refractivity contribution in [3.63, 3.8) is 0 Å². The average Bonchev–Trinajstić information content (AvgIpc) is 3.13. The van der Waals surface area contributed by atoms with Crippen molar-refractivity contribution in [2.45, 2.75) is 39.2 Å². The van der Waals surface area contributed by atoms with Crippen LogP contribution in [0.4, 0.5) is 0 Å². The first-order valence-electron chi connectivity index (χ1n) is 9.36. The Morgan fingerprint density at radius 2 is 1.50 bits per heavy atom. The molecule has 4 heteroatoms. The van der Waals surface area contributed by atoms with Crippen molar-refractivity contribution in [3.8, 4) is 17.4 Å². The second-order valence-electron chi connectivity index (χ2n) is 7.11.